The molecular weight excluding hydrogens is 536 g/mol. The lowest BCUT2D eigenvalue weighted by atomic mass is 9.80. The van der Waals surface area contributed by atoms with Gasteiger partial charge >= 0.3 is 11.9 Å². The van der Waals surface area contributed by atoms with Crippen molar-refractivity contribution in [1.82, 2.24) is 0 Å². The summed E-state index contributed by atoms with van der Waals surface area (Å²) in [5, 5.41) is 32.9. The third-order valence-corrected chi connectivity index (χ3v) is 8.59. The molecule has 0 amide bonds. The van der Waals surface area contributed by atoms with Gasteiger partial charge in [0, 0.05) is 17.0 Å². The Morgan fingerprint density at radius 3 is 1.93 bits per heavy atom. The number of aliphatic hydroxyl groups excluding tert-OH is 1. The number of aromatic hydroxyl groups is 2. The quantitative estimate of drug-likeness (QED) is 0.467. The lowest BCUT2D eigenvalue weighted by Crippen LogP contribution is -2.53. The standard InChI is InChI=1S/C30H30O11/c1-12-7-19-24(17(33)11-30(4,41-19)28-15(31)9-21(35)39-28)26(37)22(12)14-5-6-18-23(25(14)36)16(32)10-29(3,40-18)27-13(2)8-20(34)38-27/h5-7,13,15,27-28,31,36-37H,8-11H2,1-4H3/t13?,15-,27?,28-,29?,30+/m1/s1. The number of carbonyl (C=O) groups excluding carboxylic acids is 4. The van der Waals surface area contributed by atoms with E-state index >= 15 is 0 Å². The van der Waals surface area contributed by atoms with Crippen LogP contribution in [-0.2, 0) is 19.1 Å². The van der Waals surface area contributed by atoms with Crippen LogP contribution >= 0.6 is 0 Å². The Hall–Kier alpha value is -4.12. The van der Waals surface area contributed by atoms with Gasteiger partial charge in [-0.3, -0.25) is 19.2 Å². The Morgan fingerprint density at radius 1 is 0.780 bits per heavy atom. The summed E-state index contributed by atoms with van der Waals surface area (Å²) in [5.74, 6) is -2.72. The van der Waals surface area contributed by atoms with E-state index in [4.69, 9.17) is 18.9 Å². The fourth-order valence-corrected chi connectivity index (χ4v) is 6.77. The number of rotatable bonds is 3. The average molecular weight is 567 g/mol. The first-order chi connectivity index (χ1) is 19.2. The van der Waals surface area contributed by atoms with Crippen LogP contribution in [0.2, 0.25) is 0 Å². The van der Waals surface area contributed by atoms with Gasteiger partial charge < -0.3 is 34.3 Å². The molecule has 11 heteroatoms. The van der Waals surface area contributed by atoms with Crippen molar-refractivity contribution in [3.8, 4) is 34.1 Å². The average Bonchev–Trinajstić information content (AvgIpc) is 3.39. The second-order valence-electron chi connectivity index (χ2n) is 11.9. The predicted octanol–water partition coefficient (Wildman–Crippen LogP) is 3.15. The zero-order valence-corrected chi connectivity index (χ0v) is 23.0. The molecule has 2 fully saturated rings. The summed E-state index contributed by atoms with van der Waals surface area (Å²) in [6, 6.07) is 4.51. The molecule has 4 aliphatic rings. The molecule has 0 radical (unpaired) electrons. The molecular formula is C30H30O11. The largest absolute Gasteiger partial charge is 0.506 e. The number of aliphatic hydroxyl groups is 1. The van der Waals surface area contributed by atoms with E-state index in [1.807, 2.05) is 6.92 Å². The Balaban J connectivity index is 1.38. The lowest BCUT2D eigenvalue weighted by Gasteiger charge is -2.40. The molecule has 2 aromatic carbocycles. The van der Waals surface area contributed by atoms with Crippen LogP contribution in [0.25, 0.3) is 11.1 Å². The van der Waals surface area contributed by atoms with Crippen molar-refractivity contribution in [3.63, 3.8) is 0 Å². The Labute approximate surface area is 235 Å². The number of ether oxygens (including phenoxy) is 4. The molecule has 4 aliphatic heterocycles. The molecule has 3 N–H and O–H groups in total. The number of esters is 2. The van der Waals surface area contributed by atoms with Crippen molar-refractivity contribution in [2.45, 2.75) is 82.9 Å². The van der Waals surface area contributed by atoms with Gasteiger partial charge in [0.05, 0.1) is 25.7 Å². The number of hydrogen-bond donors (Lipinski definition) is 3. The van der Waals surface area contributed by atoms with E-state index in [0.29, 0.717) is 5.56 Å². The Morgan fingerprint density at radius 2 is 1.34 bits per heavy atom. The first-order valence-electron chi connectivity index (χ1n) is 13.5. The number of cyclic esters (lactones) is 2. The van der Waals surface area contributed by atoms with Crippen LogP contribution in [0.1, 0.15) is 72.7 Å². The number of aryl methyl sites for hydroxylation is 1. The first-order valence-corrected chi connectivity index (χ1v) is 13.5. The summed E-state index contributed by atoms with van der Waals surface area (Å²) in [4.78, 5) is 50.3. The molecule has 0 spiro atoms. The van der Waals surface area contributed by atoms with Gasteiger partial charge in [0.2, 0.25) is 0 Å². The molecule has 3 unspecified atom stereocenters. The van der Waals surface area contributed by atoms with E-state index in [1.54, 1.807) is 20.8 Å². The van der Waals surface area contributed by atoms with Crippen LogP contribution in [0.3, 0.4) is 0 Å². The second-order valence-corrected chi connectivity index (χ2v) is 11.9. The highest BCUT2D eigenvalue weighted by atomic mass is 16.6. The van der Waals surface area contributed by atoms with Crippen LogP contribution in [0, 0.1) is 12.8 Å². The highest BCUT2D eigenvalue weighted by Crippen LogP contribution is 2.52. The fourth-order valence-electron chi connectivity index (χ4n) is 6.77. The molecule has 2 aromatic rings. The number of hydrogen-bond acceptors (Lipinski definition) is 11. The molecule has 0 saturated carbocycles. The zero-order valence-electron chi connectivity index (χ0n) is 23.0. The van der Waals surface area contributed by atoms with Gasteiger partial charge in [-0.2, -0.15) is 0 Å². The molecule has 6 atom stereocenters. The van der Waals surface area contributed by atoms with Crippen molar-refractivity contribution in [2.24, 2.45) is 5.92 Å². The maximum Gasteiger partial charge on any atom is 0.309 e. The van der Waals surface area contributed by atoms with Gasteiger partial charge in [-0.05, 0) is 44.5 Å². The molecule has 41 heavy (non-hydrogen) atoms. The second kappa shape index (κ2) is 8.94. The zero-order chi connectivity index (χ0) is 29.6. The highest BCUT2D eigenvalue weighted by Gasteiger charge is 2.53. The minimum absolute atomic E-state index is 0.0468. The number of fused-ring (bicyclic) bond motifs is 2. The lowest BCUT2D eigenvalue weighted by molar-refractivity contribution is -0.152. The number of carbonyl (C=O) groups is 4. The van der Waals surface area contributed by atoms with Gasteiger partial charge in [0.1, 0.15) is 46.3 Å². The van der Waals surface area contributed by atoms with Gasteiger partial charge in [-0.25, -0.2) is 0 Å². The third kappa shape index (κ3) is 4.05. The Bertz CT molecular complexity index is 1540. The van der Waals surface area contributed by atoms with Gasteiger partial charge in [-0.1, -0.05) is 6.92 Å². The summed E-state index contributed by atoms with van der Waals surface area (Å²) in [6.07, 6.45) is -3.25. The van der Waals surface area contributed by atoms with E-state index in [2.05, 4.69) is 0 Å². The number of phenolic OH excluding ortho intramolecular Hbond substituents is 2. The molecule has 0 bridgehead atoms. The summed E-state index contributed by atoms with van der Waals surface area (Å²) < 4.78 is 23.0. The molecule has 216 valence electrons. The van der Waals surface area contributed by atoms with E-state index in [-0.39, 0.29) is 71.3 Å². The molecule has 0 aliphatic carbocycles. The van der Waals surface area contributed by atoms with E-state index in [0.717, 1.165) is 0 Å². The molecule has 4 heterocycles. The summed E-state index contributed by atoms with van der Waals surface area (Å²) in [6.45, 7) is 6.75. The van der Waals surface area contributed by atoms with Crippen LogP contribution in [0.4, 0.5) is 0 Å². The predicted molar refractivity (Wildman–Crippen MR) is 140 cm³/mol. The first kappa shape index (κ1) is 27.1. The third-order valence-electron chi connectivity index (χ3n) is 8.59. The van der Waals surface area contributed by atoms with Gasteiger partial charge in [0.15, 0.2) is 28.9 Å². The van der Waals surface area contributed by atoms with Crippen LogP contribution < -0.4 is 9.47 Å². The maximum atomic E-state index is 13.4. The van der Waals surface area contributed by atoms with E-state index < -0.39 is 58.5 Å². The summed E-state index contributed by atoms with van der Waals surface area (Å²) in [5.41, 5.74) is -1.98. The molecule has 2 saturated heterocycles. The van der Waals surface area contributed by atoms with Crippen molar-refractivity contribution >= 4 is 23.5 Å². The SMILES string of the molecule is Cc1cc2c(c(O)c1-c1ccc3c(c1O)C(=O)CC(C)(C1OC(=O)CC1C)O3)C(=O)C[C@@](C)([C@@H]1OC(=O)C[C@H]1O)O2. The van der Waals surface area contributed by atoms with Crippen molar-refractivity contribution in [2.75, 3.05) is 0 Å². The van der Waals surface area contributed by atoms with Gasteiger partial charge in [0.25, 0.3) is 0 Å². The Kier molecular flexibility index (Phi) is 5.90. The highest BCUT2D eigenvalue weighted by molar-refractivity contribution is 6.08. The smallest absolute Gasteiger partial charge is 0.309 e. The molecule has 6 rings (SSSR count). The number of ketones is 2. The van der Waals surface area contributed by atoms with Crippen molar-refractivity contribution in [3.05, 3.63) is 34.9 Å². The fraction of sp³-hybridized carbons (Fsp3) is 0.467. The monoisotopic (exact) mass is 566 g/mol. The topological polar surface area (TPSA) is 166 Å². The van der Waals surface area contributed by atoms with Crippen molar-refractivity contribution in [1.29, 1.82) is 0 Å². The maximum absolute atomic E-state index is 13.4. The van der Waals surface area contributed by atoms with Crippen LogP contribution in [0.15, 0.2) is 18.2 Å². The molecule has 11 nitrogen and oxygen atoms in total. The minimum Gasteiger partial charge on any atom is -0.506 e. The number of phenols is 2. The number of benzene rings is 2. The van der Waals surface area contributed by atoms with Gasteiger partial charge in [-0.15, -0.1) is 0 Å². The van der Waals surface area contributed by atoms with Crippen molar-refractivity contribution < 1.29 is 53.4 Å². The summed E-state index contributed by atoms with van der Waals surface area (Å²) in [7, 11) is 0. The summed E-state index contributed by atoms with van der Waals surface area (Å²) >= 11 is 0. The van der Waals surface area contributed by atoms with E-state index in [9.17, 15) is 34.5 Å². The number of Topliss-reactive ketones (excluding diaryl/α,β-unsaturated/α-hetero) is 2. The molecule has 0 aromatic heterocycles. The normalized spacial score (nSPS) is 32.5. The minimum atomic E-state index is -1.36. The van der Waals surface area contributed by atoms with Crippen LogP contribution in [0.5, 0.6) is 23.0 Å². The van der Waals surface area contributed by atoms with E-state index in [1.165, 1.54) is 18.2 Å². The van der Waals surface area contributed by atoms with Crippen LogP contribution in [-0.4, -0.2) is 68.3 Å².